The largest absolute Gasteiger partial charge is 0.496 e. The molecule has 2 heterocycles. The third-order valence-corrected chi connectivity index (χ3v) is 4.99. The van der Waals surface area contributed by atoms with E-state index in [2.05, 4.69) is 5.32 Å². The van der Waals surface area contributed by atoms with Crippen molar-refractivity contribution in [1.29, 1.82) is 0 Å². The molecule has 2 amide bonds. The first-order valence-corrected chi connectivity index (χ1v) is 9.18. The Balaban J connectivity index is 1.52. The second-order valence-electron chi connectivity index (χ2n) is 6.65. The van der Waals surface area contributed by atoms with Crippen LogP contribution in [0.1, 0.15) is 18.4 Å². The summed E-state index contributed by atoms with van der Waals surface area (Å²) in [4.78, 5) is 29.0. The summed E-state index contributed by atoms with van der Waals surface area (Å²) in [6.07, 6.45) is 1.76. The topological polar surface area (TPSA) is 71.1 Å². The zero-order valence-corrected chi connectivity index (χ0v) is 15.3. The van der Waals surface area contributed by atoms with Gasteiger partial charge in [0.15, 0.2) is 0 Å². The summed E-state index contributed by atoms with van der Waals surface area (Å²) in [6.45, 7) is 3.92. The lowest BCUT2D eigenvalue weighted by Crippen LogP contribution is -2.51. The van der Waals surface area contributed by atoms with Gasteiger partial charge in [0.05, 0.1) is 32.9 Å². The Bertz CT molecular complexity index is 631. The fourth-order valence-corrected chi connectivity index (χ4v) is 3.57. The smallest absolute Gasteiger partial charge is 0.240 e. The van der Waals surface area contributed by atoms with Crippen molar-refractivity contribution in [3.63, 3.8) is 0 Å². The number of carbonyl (C=O) groups excluding carboxylic acids is 2. The Kier molecular flexibility index (Phi) is 6.46. The molecule has 1 aromatic rings. The van der Waals surface area contributed by atoms with Gasteiger partial charge < -0.3 is 19.7 Å². The molecular formula is C19H27N3O4. The van der Waals surface area contributed by atoms with Gasteiger partial charge in [-0.2, -0.15) is 0 Å². The summed E-state index contributed by atoms with van der Waals surface area (Å²) in [5.74, 6) is 0.815. The molecule has 2 saturated heterocycles. The molecule has 2 aliphatic rings. The molecule has 2 aliphatic heterocycles. The van der Waals surface area contributed by atoms with Crippen molar-refractivity contribution in [2.24, 2.45) is 0 Å². The van der Waals surface area contributed by atoms with Crippen LogP contribution in [-0.4, -0.2) is 74.2 Å². The summed E-state index contributed by atoms with van der Waals surface area (Å²) in [7, 11) is 1.62. The van der Waals surface area contributed by atoms with Gasteiger partial charge in [-0.05, 0) is 25.5 Å². The highest BCUT2D eigenvalue weighted by atomic mass is 16.5. The van der Waals surface area contributed by atoms with Gasteiger partial charge in [-0.25, -0.2) is 0 Å². The standard InChI is InChI=1S/C19H27N3O4/c1-25-17-7-3-2-5-15(17)13-20-18(23)14-22-8-4-6-16(22)19(24)21-9-11-26-12-10-21/h2-3,5,7,16H,4,6,8-14H2,1H3,(H,20,23)/t16-/m0/s1. The maximum atomic E-state index is 12.7. The number of nitrogens with one attached hydrogen (secondary N) is 1. The quantitative estimate of drug-likeness (QED) is 0.805. The molecular weight excluding hydrogens is 334 g/mol. The molecule has 7 nitrogen and oxygen atoms in total. The molecule has 1 N–H and O–H groups in total. The molecule has 0 aliphatic carbocycles. The van der Waals surface area contributed by atoms with E-state index < -0.39 is 0 Å². The van der Waals surface area contributed by atoms with E-state index in [0.29, 0.717) is 32.8 Å². The van der Waals surface area contributed by atoms with Crippen molar-refractivity contribution in [2.45, 2.75) is 25.4 Å². The van der Waals surface area contributed by atoms with Crippen LogP contribution in [0.25, 0.3) is 0 Å². The molecule has 1 atom stereocenters. The van der Waals surface area contributed by atoms with Crippen LogP contribution in [0.2, 0.25) is 0 Å². The van der Waals surface area contributed by atoms with Crippen LogP contribution in [0.5, 0.6) is 5.75 Å². The van der Waals surface area contributed by atoms with Crippen LogP contribution < -0.4 is 10.1 Å². The number of nitrogens with zero attached hydrogens (tertiary/aromatic N) is 2. The van der Waals surface area contributed by atoms with E-state index in [-0.39, 0.29) is 24.4 Å². The summed E-state index contributed by atoms with van der Waals surface area (Å²) in [5.41, 5.74) is 0.936. The van der Waals surface area contributed by atoms with Gasteiger partial charge in [0.25, 0.3) is 0 Å². The lowest BCUT2D eigenvalue weighted by Gasteiger charge is -2.32. The first-order valence-electron chi connectivity index (χ1n) is 9.18. The van der Waals surface area contributed by atoms with Crippen LogP contribution >= 0.6 is 0 Å². The highest BCUT2D eigenvalue weighted by Gasteiger charge is 2.35. The maximum absolute atomic E-state index is 12.7. The number of hydrogen-bond donors (Lipinski definition) is 1. The van der Waals surface area contributed by atoms with Gasteiger partial charge in [0.1, 0.15) is 5.75 Å². The van der Waals surface area contributed by atoms with E-state index in [0.717, 1.165) is 30.7 Å². The summed E-state index contributed by atoms with van der Waals surface area (Å²) in [6, 6.07) is 7.43. The van der Waals surface area contributed by atoms with Crippen molar-refractivity contribution in [2.75, 3.05) is 46.5 Å². The summed E-state index contributed by atoms with van der Waals surface area (Å²) < 4.78 is 10.6. The fraction of sp³-hybridized carbons (Fsp3) is 0.579. The van der Waals surface area contributed by atoms with Crippen LogP contribution in [0.4, 0.5) is 0 Å². The van der Waals surface area contributed by atoms with E-state index in [9.17, 15) is 9.59 Å². The van der Waals surface area contributed by atoms with E-state index in [1.165, 1.54) is 0 Å². The minimum Gasteiger partial charge on any atom is -0.496 e. The fourth-order valence-electron chi connectivity index (χ4n) is 3.57. The number of para-hydroxylation sites is 1. The number of rotatable bonds is 6. The molecule has 3 rings (SSSR count). The Labute approximate surface area is 154 Å². The molecule has 0 aromatic heterocycles. The molecule has 142 valence electrons. The molecule has 0 bridgehead atoms. The molecule has 7 heteroatoms. The third-order valence-electron chi connectivity index (χ3n) is 4.99. The number of carbonyl (C=O) groups is 2. The van der Waals surface area contributed by atoms with Crippen LogP contribution in [-0.2, 0) is 20.9 Å². The Morgan fingerprint density at radius 3 is 2.77 bits per heavy atom. The van der Waals surface area contributed by atoms with E-state index in [1.54, 1.807) is 7.11 Å². The third kappa shape index (κ3) is 4.53. The SMILES string of the molecule is COc1ccccc1CNC(=O)CN1CCC[C@H]1C(=O)N1CCOCC1. The van der Waals surface area contributed by atoms with Crippen LogP contribution in [0, 0.1) is 0 Å². The minimum atomic E-state index is -0.190. The Morgan fingerprint density at radius 1 is 1.23 bits per heavy atom. The van der Waals surface area contributed by atoms with E-state index in [4.69, 9.17) is 9.47 Å². The Hall–Kier alpha value is -2.12. The average Bonchev–Trinajstić information content (AvgIpc) is 3.14. The molecule has 2 fully saturated rings. The number of amides is 2. The van der Waals surface area contributed by atoms with E-state index in [1.807, 2.05) is 34.1 Å². The zero-order chi connectivity index (χ0) is 18.4. The molecule has 0 spiro atoms. The van der Waals surface area contributed by atoms with Crippen LogP contribution in [0.15, 0.2) is 24.3 Å². The minimum absolute atomic E-state index is 0.0717. The van der Waals surface area contributed by atoms with Gasteiger partial charge >= 0.3 is 0 Å². The average molecular weight is 361 g/mol. The first-order chi connectivity index (χ1) is 12.7. The van der Waals surface area contributed by atoms with Crippen molar-refractivity contribution in [1.82, 2.24) is 15.1 Å². The van der Waals surface area contributed by atoms with Gasteiger partial charge in [-0.1, -0.05) is 18.2 Å². The monoisotopic (exact) mass is 361 g/mol. The molecule has 0 radical (unpaired) electrons. The number of methoxy groups -OCH3 is 1. The maximum Gasteiger partial charge on any atom is 0.240 e. The number of benzene rings is 1. The molecule has 1 aromatic carbocycles. The lowest BCUT2D eigenvalue weighted by molar-refractivity contribution is -0.140. The first kappa shape index (κ1) is 18.7. The summed E-state index contributed by atoms with van der Waals surface area (Å²) in [5, 5.41) is 2.93. The zero-order valence-electron chi connectivity index (χ0n) is 15.3. The normalized spacial score (nSPS) is 20.8. The van der Waals surface area contributed by atoms with Gasteiger partial charge in [-0.15, -0.1) is 0 Å². The second-order valence-corrected chi connectivity index (χ2v) is 6.65. The van der Waals surface area contributed by atoms with E-state index >= 15 is 0 Å². The number of ether oxygens (including phenoxy) is 2. The highest BCUT2D eigenvalue weighted by Crippen LogP contribution is 2.20. The number of likely N-dealkylation sites (tertiary alicyclic amines) is 1. The number of morpholine rings is 1. The van der Waals surface area contributed by atoms with Crippen molar-refractivity contribution in [3.05, 3.63) is 29.8 Å². The van der Waals surface area contributed by atoms with Crippen molar-refractivity contribution < 1.29 is 19.1 Å². The van der Waals surface area contributed by atoms with Crippen molar-refractivity contribution >= 4 is 11.8 Å². The van der Waals surface area contributed by atoms with Gasteiger partial charge in [0, 0.05) is 25.2 Å². The molecule has 26 heavy (non-hydrogen) atoms. The molecule has 0 saturated carbocycles. The predicted molar refractivity (Wildman–Crippen MR) is 96.8 cm³/mol. The van der Waals surface area contributed by atoms with Gasteiger partial charge in [0.2, 0.25) is 11.8 Å². The van der Waals surface area contributed by atoms with Crippen LogP contribution in [0.3, 0.4) is 0 Å². The van der Waals surface area contributed by atoms with Gasteiger partial charge in [-0.3, -0.25) is 14.5 Å². The second kappa shape index (κ2) is 9.00. The predicted octanol–water partition coefficient (Wildman–Crippen LogP) is 0.635. The summed E-state index contributed by atoms with van der Waals surface area (Å²) >= 11 is 0. The number of hydrogen-bond acceptors (Lipinski definition) is 5. The highest BCUT2D eigenvalue weighted by molar-refractivity contribution is 5.84. The lowest BCUT2D eigenvalue weighted by atomic mass is 10.2. The van der Waals surface area contributed by atoms with Crippen molar-refractivity contribution in [3.8, 4) is 5.75 Å². The Morgan fingerprint density at radius 2 is 2.00 bits per heavy atom. The molecule has 0 unspecified atom stereocenters.